The molecule has 2 aromatic rings. The van der Waals surface area contributed by atoms with Gasteiger partial charge in [0.05, 0.1) is 12.3 Å². The zero-order valence-corrected chi connectivity index (χ0v) is 14.7. The van der Waals surface area contributed by atoms with E-state index in [-0.39, 0.29) is 12.3 Å². The Balaban J connectivity index is 1.81. The van der Waals surface area contributed by atoms with E-state index in [2.05, 4.69) is 5.32 Å². The molecule has 0 bridgehead atoms. The highest BCUT2D eigenvalue weighted by Gasteiger charge is 2.29. The molecule has 1 aliphatic rings. The highest BCUT2D eigenvalue weighted by Crippen LogP contribution is 2.31. The maximum Gasteiger partial charge on any atom is 0.341 e. The first-order valence-corrected chi connectivity index (χ1v) is 9.62. The number of carbonyl (C=O) groups is 2. The minimum atomic E-state index is -3.34. The Morgan fingerprint density at radius 3 is 2.54 bits per heavy atom. The van der Waals surface area contributed by atoms with Gasteiger partial charge in [-0.25, -0.2) is 13.2 Å². The summed E-state index contributed by atoms with van der Waals surface area (Å²) < 4.78 is 30.1. The summed E-state index contributed by atoms with van der Waals surface area (Å²) in [5.74, 6) is -1.06. The average molecular weight is 378 g/mol. The van der Waals surface area contributed by atoms with E-state index in [9.17, 15) is 18.0 Å². The van der Waals surface area contributed by atoms with Gasteiger partial charge in [0.1, 0.15) is 5.75 Å². The van der Waals surface area contributed by atoms with Crippen molar-refractivity contribution in [2.24, 2.45) is 0 Å². The van der Waals surface area contributed by atoms with Crippen LogP contribution in [0.5, 0.6) is 5.75 Å². The fourth-order valence-corrected chi connectivity index (χ4v) is 4.34. The SMILES string of the molecule is O=C(O)COc1ccc(NC(=O)CN2CCCS2(=O)=O)c2ccccc12. The first-order valence-electron chi connectivity index (χ1n) is 8.01. The summed E-state index contributed by atoms with van der Waals surface area (Å²) in [5, 5.41) is 12.8. The summed E-state index contributed by atoms with van der Waals surface area (Å²) in [7, 11) is -3.34. The molecule has 8 nitrogen and oxygen atoms in total. The second-order valence-electron chi connectivity index (χ2n) is 5.89. The Bertz CT molecular complexity index is 957. The number of carbonyl (C=O) groups excluding carboxylic acids is 1. The molecule has 1 aliphatic heterocycles. The van der Waals surface area contributed by atoms with Crippen LogP contribution in [0.25, 0.3) is 10.8 Å². The molecule has 9 heteroatoms. The summed E-state index contributed by atoms with van der Waals surface area (Å²) >= 11 is 0. The number of benzene rings is 2. The van der Waals surface area contributed by atoms with Crippen molar-refractivity contribution in [1.29, 1.82) is 0 Å². The lowest BCUT2D eigenvalue weighted by atomic mass is 10.1. The standard InChI is InChI=1S/C17H18N2O6S/c20-16(10-19-8-3-9-26(19,23)24)18-14-6-7-15(25-11-17(21)22)13-5-2-1-4-12(13)14/h1-2,4-7H,3,8-11H2,(H,18,20)(H,21,22). The van der Waals surface area contributed by atoms with Gasteiger partial charge in [-0.05, 0) is 18.6 Å². The summed E-state index contributed by atoms with van der Waals surface area (Å²) in [6, 6.07) is 10.3. The predicted octanol–water partition coefficient (Wildman–Crippen LogP) is 1.28. The van der Waals surface area contributed by atoms with Crippen molar-refractivity contribution in [3.8, 4) is 5.75 Å². The number of anilines is 1. The van der Waals surface area contributed by atoms with E-state index in [0.717, 1.165) is 0 Å². The predicted molar refractivity (Wildman–Crippen MR) is 95.7 cm³/mol. The number of nitrogens with one attached hydrogen (secondary N) is 1. The normalized spacial score (nSPS) is 16.5. The van der Waals surface area contributed by atoms with E-state index in [1.165, 1.54) is 4.31 Å². The molecule has 0 aromatic heterocycles. The van der Waals surface area contributed by atoms with Gasteiger partial charge in [-0.15, -0.1) is 0 Å². The summed E-state index contributed by atoms with van der Waals surface area (Å²) in [6.07, 6.45) is 0.522. The van der Waals surface area contributed by atoms with Crippen LogP contribution in [-0.4, -0.2) is 55.2 Å². The number of aliphatic carboxylic acids is 1. The van der Waals surface area contributed by atoms with E-state index < -0.39 is 28.5 Å². The van der Waals surface area contributed by atoms with Crippen LogP contribution in [0.2, 0.25) is 0 Å². The van der Waals surface area contributed by atoms with Crippen LogP contribution in [0.4, 0.5) is 5.69 Å². The topological polar surface area (TPSA) is 113 Å². The number of rotatable bonds is 6. The number of hydrogen-bond donors (Lipinski definition) is 2. The summed E-state index contributed by atoms with van der Waals surface area (Å²) in [6.45, 7) is -0.352. The third-order valence-electron chi connectivity index (χ3n) is 4.03. The van der Waals surface area contributed by atoms with Crippen LogP contribution in [0.15, 0.2) is 36.4 Å². The lowest BCUT2D eigenvalue weighted by Gasteiger charge is -2.16. The number of nitrogens with zero attached hydrogens (tertiary/aromatic N) is 1. The first kappa shape index (κ1) is 18.2. The molecule has 1 saturated heterocycles. The van der Waals surface area contributed by atoms with E-state index in [0.29, 0.717) is 35.2 Å². The maximum atomic E-state index is 12.3. The molecule has 3 rings (SSSR count). The van der Waals surface area contributed by atoms with Crippen LogP contribution in [0, 0.1) is 0 Å². The zero-order chi connectivity index (χ0) is 18.7. The molecule has 0 spiro atoms. The lowest BCUT2D eigenvalue weighted by molar-refractivity contribution is -0.139. The van der Waals surface area contributed by atoms with Crippen molar-refractivity contribution in [1.82, 2.24) is 4.31 Å². The van der Waals surface area contributed by atoms with Crippen LogP contribution < -0.4 is 10.1 Å². The van der Waals surface area contributed by atoms with Crippen molar-refractivity contribution >= 4 is 38.4 Å². The van der Waals surface area contributed by atoms with Gasteiger partial charge in [0, 0.05) is 23.0 Å². The first-order chi connectivity index (χ1) is 12.4. The van der Waals surface area contributed by atoms with Gasteiger partial charge in [0.2, 0.25) is 15.9 Å². The summed E-state index contributed by atoms with van der Waals surface area (Å²) in [5.41, 5.74) is 0.505. The second-order valence-corrected chi connectivity index (χ2v) is 7.98. The molecule has 1 amide bonds. The molecule has 2 aromatic carbocycles. The Morgan fingerprint density at radius 2 is 1.88 bits per heavy atom. The van der Waals surface area contributed by atoms with E-state index in [1.54, 1.807) is 36.4 Å². The molecular weight excluding hydrogens is 360 g/mol. The monoisotopic (exact) mass is 378 g/mol. The van der Waals surface area contributed by atoms with Gasteiger partial charge in [0.15, 0.2) is 6.61 Å². The number of carboxylic acid groups (broad SMARTS) is 1. The summed E-state index contributed by atoms with van der Waals surface area (Å²) in [4.78, 5) is 23.0. The highest BCUT2D eigenvalue weighted by atomic mass is 32.2. The van der Waals surface area contributed by atoms with Crippen molar-refractivity contribution in [2.45, 2.75) is 6.42 Å². The van der Waals surface area contributed by atoms with Crippen molar-refractivity contribution < 1.29 is 27.9 Å². The molecule has 138 valence electrons. The zero-order valence-electron chi connectivity index (χ0n) is 13.8. The van der Waals surface area contributed by atoms with E-state index in [1.807, 2.05) is 0 Å². The van der Waals surface area contributed by atoms with Gasteiger partial charge in [0.25, 0.3) is 0 Å². The highest BCUT2D eigenvalue weighted by molar-refractivity contribution is 7.89. The average Bonchev–Trinajstić information content (AvgIpc) is 2.92. The molecule has 0 unspecified atom stereocenters. The molecule has 0 aliphatic carbocycles. The number of carboxylic acids is 1. The Kier molecular flexibility index (Phi) is 5.10. The number of sulfonamides is 1. The number of fused-ring (bicyclic) bond motifs is 1. The Labute approximate surface area is 150 Å². The third-order valence-corrected chi connectivity index (χ3v) is 5.94. The Hall–Kier alpha value is -2.65. The van der Waals surface area contributed by atoms with Crippen molar-refractivity contribution in [3.05, 3.63) is 36.4 Å². The number of hydrogen-bond acceptors (Lipinski definition) is 5. The smallest absolute Gasteiger partial charge is 0.341 e. The van der Waals surface area contributed by atoms with Crippen LogP contribution in [-0.2, 0) is 19.6 Å². The van der Waals surface area contributed by atoms with Gasteiger partial charge < -0.3 is 15.2 Å². The molecule has 1 heterocycles. The number of ether oxygens (including phenoxy) is 1. The Morgan fingerprint density at radius 1 is 1.15 bits per heavy atom. The molecule has 0 saturated carbocycles. The fraction of sp³-hybridized carbons (Fsp3) is 0.294. The lowest BCUT2D eigenvalue weighted by Crippen LogP contribution is -2.34. The van der Waals surface area contributed by atoms with Gasteiger partial charge in [-0.1, -0.05) is 24.3 Å². The van der Waals surface area contributed by atoms with Crippen LogP contribution >= 0.6 is 0 Å². The third kappa shape index (κ3) is 3.94. The van der Waals surface area contributed by atoms with Crippen LogP contribution in [0.3, 0.4) is 0 Å². The van der Waals surface area contributed by atoms with Gasteiger partial charge in [-0.2, -0.15) is 4.31 Å². The molecule has 26 heavy (non-hydrogen) atoms. The quantitative estimate of drug-likeness (QED) is 0.783. The molecular formula is C17H18N2O6S. The maximum absolute atomic E-state index is 12.3. The van der Waals surface area contributed by atoms with Gasteiger partial charge in [-0.3, -0.25) is 4.79 Å². The van der Waals surface area contributed by atoms with Crippen molar-refractivity contribution in [2.75, 3.05) is 30.8 Å². The fourth-order valence-electron chi connectivity index (χ4n) is 2.86. The van der Waals surface area contributed by atoms with E-state index in [4.69, 9.17) is 9.84 Å². The van der Waals surface area contributed by atoms with Crippen LogP contribution in [0.1, 0.15) is 6.42 Å². The van der Waals surface area contributed by atoms with Gasteiger partial charge >= 0.3 is 5.97 Å². The minimum Gasteiger partial charge on any atom is -0.481 e. The molecule has 0 radical (unpaired) electrons. The number of amides is 1. The molecule has 1 fully saturated rings. The largest absolute Gasteiger partial charge is 0.481 e. The van der Waals surface area contributed by atoms with E-state index >= 15 is 0 Å². The second kappa shape index (κ2) is 7.30. The van der Waals surface area contributed by atoms with Crippen molar-refractivity contribution in [3.63, 3.8) is 0 Å². The molecule has 0 atom stereocenters. The molecule has 2 N–H and O–H groups in total. The minimum absolute atomic E-state index is 0.0683.